The highest BCUT2D eigenvalue weighted by Gasteiger charge is 2.36. The van der Waals surface area contributed by atoms with Gasteiger partial charge in [0.15, 0.2) is 0 Å². The van der Waals surface area contributed by atoms with Crippen molar-refractivity contribution in [2.24, 2.45) is 5.41 Å². The fourth-order valence-electron chi connectivity index (χ4n) is 1.96. The zero-order valence-electron chi connectivity index (χ0n) is 8.08. The van der Waals surface area contributed by atoms with E-state index >= 15 is 0 Å². The van der Waals surface area contributed by atoms with Crippen LogP contribution >= 0.6 is 15.9 Å². The maximum absolute atomic E-state index is 11.5. The van der Waals surface area contributed by atoms with Crippen LogP contribution in [-0.2, 0) is 6.54 Å². The van der Waals surface area contributed by atoms with Crippen LogP contribution in [0, 0.1) is 5.41 Å². The van der Waals surface area contributed by atoms with E-state index in [1.807, 2.05) is 16.8 Å². The third kappa shape index (κ3) is 1.78. The summed E-state index contributed by atoms with van der Waals surface area (Å²) in [6.07, 6.45) is 5.65. The van der Waals surface area contributed by atoms with Crippen LogP contribution in [0.2, 0.25) is 0 Å². The molecular weight excluding hydrogens is 242 g/mol. The monoisotopic (exact) mass is 255 g/mol. The van der Waals surface area contributed by atoms with Gasteiger partial charge in [-0.2, -0.15) is 0 Å². The highest BCUT2D eigenvalue weighted by Crippen LogP contribution is 2.43. The van der Waals surface area contributed by atoms with E-state index in [1.165, 1.54) is 19.3 Å². The quantitative estimate of drug-likeness (QED) is 0.761. The number of pyridine rings is 1. The molecule has 1 fully saturated rings. The molecule has 1 aromatic heterocycles. The summed E-state index contributed by atoms with van der Waals surface area (Å²) in [6, 6.07) is 5.34. The molecule has 1 aliphatic carbocycles. The Kier molecular flexibility index (Phi) is 2.77. The molecule has 0 unspecified atom stereocenters. The topological polar surface area (TPSA) is 22.0 Å². The first-order chi connectivity index (χ1) is 6.76. The van der Waals surface area contributed by atoms with Crippen LogP contribution < -0.4 is 5.56 Å². The van der Waals surface area contributed by atoms with E-state index in [2.05, 4.69) is 15.9 Å². The standard InChI is InChI=1S/C11H14BrNO/c12-8-11(5-3-6-11)9-13-7-2-1-4-10(13)14/h1-2,4,7H,3,5-6,8-9H2. The van der Waals surface area contributed by atoms with Crippen molar-refractivity contribution in [2.45, 2.75) is 25.8 Å². The summed E-state index contributed by atoms with van der Waals surface area (Å²) in [5.74, 6) is 0. The minimum Gasteiger partial charge on any atom is -0.315 e. The summed E-state index contributed by atoms with van der Waals surface area (Å²) < 4.78 is 1.82. The maximum Gasteiger partial charge on any atom is 0.250 e. The third-order valence-electron chi connectivity index (χ3n) is 3.10. The molecule has 0 aromatic carbocycles. The van der Waals surface area contributed by atoms with Gasteiger partial charge in [-0.25, -0.2) is 0 Å². The smallest absolute Gasteiger partial charge is 0.250 e. The fraction of sp³-hybridized carbons (Fsp3) is 0.545. The van der Waals surface area contributed by atoms with Crippen molar-refractivity contribution in [2.75, 3.05) is 5.33 Å². The lowest BCUT2D eigenvalue weighted by Crippen LogP contribution is -2.38. The van der Waals surface area contributed by atoms with Crippen LogP contribution in [-0.4, -0.2) is 9.90 Å². The van der Waals surface area contributed by atoms with E-state index < -0.39 is 0 Å². The van der Waals surface area contributed by atoms with Gasteiger partial charge >= 0.3 is 0 Å². The Morgan fingerprint density at radius 1 is 1.43 bits per heavy atom. The molecule has 1 aliphatic rings. The van der Waals surface area contributed by atoms with Crippen LogP contribution in [0.5, 0.6) is 0 Å². The molecule has 0 N–H and O–H groups in total. The predicted octanol–water partition coefficient (Wildman–Crippen LogP) is 2.41. The van der Waals surface area contributed by atoms with Crippen molar-refractivity contribution >= 4 is 15.9 Å². The Labute approximate surface area is 92.1 Å². The zero-order chi connectivity index (χ0) is 10.0. The normalized spacial score (nSPS) is 18.9. The van der Waals surface area contributed by atoms with Gasteiger partial charge in [0.1, 0.15) is 0 Å². The van der Waals surface area contributed by atoms with Crippen LogP contribution in [0.1, 0.15) is 19.3 Å². The first-order valence-corrected chi connectivity index (χ1v) is 6.09. The summed E-state index contributed by atoms with van der Waals surface area (Å²) in [6.45, 7) is 0.859. The van der Waals surface area contributed by atoms with Crippen molar-refractivity contribution in [3.63, 3.8) is 0 Å². The van der Waals surface area contributed by atoms with E-state index in [4.69, 9.17) is 0 Å². The van der Waals surface area contributed by atoms with Gasteiger partial charge in [0.05, 0.1) is 0 Å². The average molecular weight is 256 g/mol. The number of nitrogens with zero attached hydrogens (tertiary/aromatic N) is 1. The number of hydrogen-bond donors (Lipinski definition) is 0. The Bertz CT molecular complexity index is 362. The Morgan fingerprint density at radius 2 is 2.21 bits per heavy atom. The van der Waals surface area contributed by atoms with Gasteiger partial charge in [0.2, 0.25) is 0 Å². The molecule has 2 nitrogen and oxygen atoms in total. The molecule has 1 aromatic rings. The van der Waals surface area contributed by atoms with Gasteiger partial charge in [0, 0.05) is 24.1 Å². The first kappa shape index (κ1) is 9.97. The molecule has 0 radical (unpaired) electrons. The van der Waals surface area contributed by atoms with Crippen LogP contribution in [0.3, 0.4) is 0 Å². The van der Waals surface area contributed by atoms with Gasteiger partial charge in [-0.15, -0.1) is 0 Å². The molecule has 0 saturated heterocycles. The molecule has 0 bridgehead atoms. The van der Waals surface area contributed by atoms with Crippen molar-refractivity contribution in [3.8, 4) is 0 Å². The van der Waals surface area contributed by atoms with E-state index in [0.29, 0.717) is 5.41 Å². The zero-order valence-corrected chi connectivity index (χ0v) is 9.66. The predicted molar refractivity (Wildman–Crippen MR) is 60.8 cm³/mol. The second-order valence-corrected chi connectivity index (χ2v) is 4.71. The highest BCUT2D eigenvalue weighted by molar-refractivity contribution is 9.09. The number of halogens is 1. The van der Waals surface area contributed by atoms with Crippen molar-refractivity contribution in [1.29, 1.82) is 0 Å². The molecule has 3 heteroatoms. The number of hydrogen-bond acceptors (Lipinski definition) is 1. The molecule has 14 heavy (non-hydrogen) atoms. The van der Waals surface area contributed by atoms with Gasteiger partial charge in [-0.3, -0.25) is 4.79 Å². The van der Waals surface area contributed by atoms with Gasteiger partial charge in [0.25, 0.3) is 5.56 Å². The van der Waals surface area contributed by atoms with Gasteiger partial charge in [-0.05, 0) is 24.3 Å². The third-order valence-corrected chi connectivity index (χ3v) is 4.29. The van der Waals surface area contributed by atoms with Crippen molar-refractivity contribution in [3.05, 3.63) is 34.7 Å². The first-order valence-electron chi connectivity index (χ1n) is 4.97. The minimum atomic E-state index is 0.111. The molecule has 0 atom stereocenters. The summed E-state index contributed by atoms with van der Waals surface area (Å²) in [7, 11) is 0. The van der Waals surface area contributed by atoms with Crippen LogP contribution in [0.4, 0.5) is 0 Å². The number of alkyl halides is 1. The molecule has 76 valence electrons. The lowest BCUT2D eigenvalue weighted by Gasteiger charge is -2.40. The van der Waals surface area contributed by atoms with E-state index in [0.717, 1.165) is 11.9 Å². The molecular formula is C11H14BrNO. The number of aromatic nitrogens is 1. The summed E-state index contributed by atoms with van der Waals surface area (Å²) >= 11 is 3.55. The maximum atomic E-state index is 11.5. The van der Waals surface area contributed by atoms with Crippen LogP contribution in [0.25, 0.3) is 0 Å². The van der Waals surface area contributed by atoms with Crippen molar-refractivity contribution in [1.82, 2.24) is 4.57 Å². The second-order valence-electron chi connectivity index (χ2n) is 4.15. The lowest BCUT2D eigenvalue weighted by molar-refractivity contribution is 0.138. The molecule has 0 amide bonds. The molecule has 0 aliphatic heterocycles. The summed E-state index contributed by atoms with van der Waals surface area (Å²) in [5.41, 5.74) is 0.449. The van der Waals surface area contributed by atoms with Gasteiger partial charge in [-0.1, -0.05) is 28.4 Å². The molecule has 1 saturated carbocycles. The lowest BCUT2D eigenvalue weighted by atomic mass is 9.70. The van der Waals surface area contributed by atoms with E-state index in [1.54, 1.807) is 12.1 Å². The SMILES string of the molecule is O=c1ccccn1CC1(CBr)CCC1. The van der Waals surface area contributed by atoms with E-state index in [9.17, 15) is 4.79 Å². The fourth-order valence-corrected chi connectivity index (χ4v) is 2.70. The Hall–Kier alpha value is -0.570. The van der Waals surface area contributed by atoms with Crippen LogP contribution in [0.15, 0.2) is 29.2 Å². The Balaban J connectivity index is 2.18. The van der Waals surface area contributed by atoms with Gasteiger partial charge < -0.3 is 4.57 Å². The Morgan fingerprint density at radius 3 is 2.71 bits per heavy atom. The molecule has 2 rings (SSSR count). The second kappa shape index (κ2) is 3.89. The largest absolute Gasteiger partial charge is 0.315 e. The number of rotatable bonds is 3. The average Bonchev–Trinajstić information content (AvgIpc) is 2.14. The summed E-state index contributed by atoms with van der Waals surface area (Å²) in [5, 5.41) is 1.00. The molecule has 0 spiro atoms. The summed E-state index contributed by atoms with van der Waals surface area (Å²) in [4.78, 5) is 11.5. The highest BCUT2D eigenvalue weighted by atomic mass is 79.9. The van der Waals surface area contributed by atoms with Crippen molar-refractivity contribution < 1.29 is 0 Å². The molecule has 1 heterocycles. The minimum absolute atomic E-state index is 0.111. The van der Waals surface area contributed by atoms with E-state index in [-0.39, 0.29) is 5.56 Å².